The molecular weight excluding hydrogens is 374 g/mol. The summed E-state index contributed by atoms with van der Waals surface area (Å²) in [6.07, 6.45) is 4.68. The fraction of sp³-hybridized carbons (Fsp3) is 0.667. The summed E-state index contributed by atoms with van der Waals surface area (Å²) in [7, 11) is -3.49. The van der Waals surface area contributed by atoms with E-state index in [1.807, 2.05) is 26.0 Å². The van der Waals surface area contributed by atoms with Crippen LogP contribution in [0.15, 0.2) is 23.1 Å². The predicted octanol–water partition coefficient (Wildman–Crippen LogP) is 2.30. The minimum atomic E-state index is -3.49. The molecule has 0 unspecified atom stereocenters. The largest absolute Gasteiger partial charge is 0.352 e. The van der Waals surface area contributed by atoms with E-state index in [4.69, 9.17) is 0 Å². The summed E-state index contributed by atoms with van der Waals surface area (Å²) in [6, 6.07) is 5.82. The topological polar surface area (TPSA) is 69.7 Å². The molecule has 7 heteroatoms. The van der Waals surface area contributed by atoms with Crippen molar-refractivity contribution in [1.82, 2.24) is 14.5 Å². The van der Waals surface area contributed by atoms with Gasteiger partial charge in [0.05, 0.1) is 11.4 Å². The monoisotopic (exact) mass is 407 g/mol. The van der Waals surface area contributed by atoms with Gasteiger partial charge < -0.3 is 5.32 Å². The molecule has 3 rings (SSSR count). The molecule has 1 saturated carbocycles. The van der Waals surface area contributed by atoms with Crippen molar-refractivity contribution < 1.29 is 13.2 Å². The van der Waals surface area contributed by atoms with Crippen LogP contribution in [0, 0.1) is 19.8 Å². The number of sulfonamides is 1. The number of nitrogens with one attached hydrogen (secondary N) is 1. The zero-order valence-corrected chi connectivity index (χ0v) is 18.1. The zero-order valence-electron chi connectivity index (χ0n) is 17.3. The summed E-state index contributed by atoms with van der Waals surface area (Å²) in [5, 5.41) is 3.18. The van der Waals surface area contributed by atoms with Crippen molar-refractivity contribution >= 4 is 15.9 Å². The van der Waals surface area contributed by atoms with Gasteiger partial charge in [0.15, 0.2) is 0 Å². The Bertz CT molecular complexity index is 801. The predicted molar refractivity (Wildman–Crippen MR) is 111 cm³/mol. The van der Waals surface area contributed by atoms with Gasteiger partial charge in [-0.05, 0) is 49.8 Å². The normalized spacial score (nSPS) is 24.8. The summed E-state index contributed by atoms with van der Waals surface area (Å²) < 4.78 is 27.6. The van der Waals surface area contributed by atoms with E-state index in [9.17, 15) is 13.2 Å². The molecule has 156 valence electrons. The minimum Gasteiger partial charge on any atom is -0.352 e. The Morgan fingerprint density at radius 2 is 1.79 bits per heavy atom. The highest BCUT2D eigenvalue weighted by Gasteiger charge is 2.30. The van der Waals surface area contributed by atoms with E-state index in [1.165, 1.54) is 19.3 Å². The smallest absolute Gasteiger partial charge is 0.243 e. The van der Waals surface area contributed by atoms with Crippen LogP contribution < -0.4 is 5.32 Å². The molecule has 0 bridgehead atoms. The summed E-state index contributed by atoms with van der Waals surface area (Å²) in [5.74, 6) is 0.599. The molecule has 1 heterocycles. The molecule has 1 amide bonds. The van der Waals surface area contributed by atoms with Crippen LogP contribution in [0.4, 0.5) is 0 Å². The van der Waals surface area contributed by atoms with Gasteiger partial charge in [0.1, 0.15) is 0 Å². The van der Waals surface area contributed by atoms with E-state index in [2.05, 4.69) is 17.1 Å². The van der Waals surface area contributed by atoms with Crippen molar-refractivity contribution in [2.24, 2.45) is 5.92 Å². The molecule has 1 N–H and O–H groups in total. The number of hydrogen-bond acceptors (Lipinski definition) is 4. The van der Waals surface area contributed by atoms with E-state index >= 15 is 0 Å². The SMILES string of the molecule is Cc1ccc(C)c(S(=O)(=O)N2CCN(CC(=O)N[C@H]3CCCC[C@@H]3C)CC2)c1. The number of piperazine rings is 1. The first-order valence-electron chi connectivity index (χ1n) is 10.4. The first-order valence-corrected chi connectivity index (χ1v) is 11.8. The highest BCUT2D eigenvalue weighted by Crippen LogP contribution is 2.24. The van der Waals surface area contributed by atoms with Crippen LogP contribution >= 0.6 is 0 Å². The Morgan fingerprint density at radius 1 is 1.11 bits per heavy atom. The number of carbonyl (C=O) groups excluding carboxylic acids is 1. The number of carbonyl (C=O) groups is 1. The van der Waals surface area contributed by atoms with Crippen molar-refractivity contribution in [3.63, 3.8) is 0 Å². The third-order valence-electron chi connectivity index (χ3n) is 6.12. The van der Waals surface area contributed by atoms with Crippen molar-refractivity contribution in [3.8, 4) is 0 Å². The molecular formula is C21H33N3O3S. The molecule has 0 radical (unpaired) electrons. The van der Waals surface area contributed by atoms with E-state index in [1.54, 1.807) is 10.4 Å². The Labute approximate surface area is 169 Å². The van der Waals surface area contributed by atoms with E-state index in [0.29, 0.717) is 43.5 Å². The molecule has 2 fully saturated rings. The van der Waals surface area contributed by atoms with Crippen LogP contribution in [0.5, 0.6) is 0 Å². The first-order chi connectivity index (χ1) is 13.3. The Morgan fingerprint density at radius 3 is 2.46 bits per heavy atom. The van der Waals surface area contributed by atoms with Gasteiger partial charge in [-0.1, -0.05) is 31.9 Å². The second-order valence-corrected chi connectivity index (χ2v) is 10.3. The molecule has 1 aliphatic carbocycles. The van der Waals surface area contributed by atoms with Crippen LogP contribution in [0.1, 0.15) is 43.7 Å². The van der Waals surface area contributed by atoms with Gasteiger partial charge in [-0.25, -0.2) is 8.42 Å². The summed E-state index contributed by atoms with van der Waals surface area (Å²) in [6.45, 7) is 8.30. The van der Waals surface area contributed by atoms with Gasteiger partial charge in [-0.3, -0.25) is 9.69 Å². The van der Waals surface area contributed by atoms with Gasteiger partial charge >= 0.3 is 0 Å². The summed E-state index contributed by atoms with van der Waals surface area (Å²) in [5.41, 5.74) is 1.71. The van der Waals surface area contributed by atoms with Crippen molar-refractivity contribution in [2.75, 3.05) is 32.7 Å². The number of nitrogens with zero attached hydrogens (tertiary/aromatic N) is 2. The third kappa shape index (κ3) is 4.93. The first kappa shape index (κ1) is 21.3. The Kier molecular flexibility index (Phi) is 6.78. The van der Waals surface area contributed by atoms with Crippen LogP contribution in [-0.4, -0.2) is 62.3 Å². The minimum absolute atomic E-state index is 0.0598. The van der Waals surface area contributed by atoms with Crippen LogP contribution in [0.25, 0.3) is 0 Å². The maximum atomic E-state index is 13.0. The maximum Gasteiger partial charge on any atom is 0.243 e. The molecule has 2 aliphatic rings. The Hall–Kier alpha value is -1.44. The lowest BCUT2D eigenvalue weighted by Gasteiger charge is -2.35. The molecule has 1 aliphatic heterocycles. The molecule has 0 aromatic heterocycles. The van der Waals surface area contributed by atoms with Crippen molar-refractivity contribution in [1.29, 1.82) is 0 Å². The van der Waals surface area contributed by atoms with Crippen LogP contribution in [-0.2, 0) is 14.8 Å². The fourth-order valence-corrected chi connectivity index (χ4v) is 5.97. The van der Waals surface area contributed by atoms with Gasteiger partial charge in [0.2, 0.25) is 15.9 Å². The average Bonchev–Trinajstić information content (AvgIpc) is 2.66. The number of aryl methyl sites for hydroxylation is 2. The summed E-state index contributed by atoms with van der Waals surface area (Å²) >= 11 is 0. The average molecular weight is 408 g/mol. The number of hydrogen-bond donors (Lipinski definition) is 1. The molecule has 28 heavy (non-hydrogen) atoms. The number of rotatable bonds is 5. The zero-order chi connectivity index (χ0) is 20.3. The second-order valence-electron chi connectivity index (χ2n) is 8.38. The van der Waals surface area contributed by atoms with Gasteiger partial charge in [-0.15, -0.1) is 0 Å². The molecule has 1 saturated heterocycles. The quantitative estimate of drug-likeness (QED) is 0.813. The van der Waals surface area contributed by atoms with Crippen LogP contribution in [0.2, 0.25) is 0 Å². The van der Waals surface area contributed by atoms with Crippen molar-refractivity contribution in [2.45, 2.75) is 57.4 Å². The highest BCUT2D eigenvalue weighted by atomic mass is 32.2. The lowest BCUT2D eigenvalue weighted by Crippen LogP contribution is -2.52. The van der Waals surface area contributed by atoms with E-state index in [0.717, 1.165) is 17.5 Å². The molecule has 6 nitrogen and oxygen atoms in total. The molecule has 1 aromatic carbocycles. The van der Waals surface area contributed by atoms with Gasteiger partial charge in [0.25, 0.3) is 0 Å². The fourth-order valence-electron chi connectivity index (χ4n) is 4.24. The third-order valence-corrected chi connectivity index (χ3v) is 8.16. The maximum absolute atomic E-state index is 13.0. The molecule has 1 aromatic rings. The second kappa shape index (κ2) is 8.93. The van der Waals surface area contributed by atoms with Crippen molar-refractivity contribution in [3.05, 3.63) is 29.3 Å². The lowest BCUT2D eigenvalue weighted by atomic mass is 9.86. The van der Waals surface area contributed by atoms with Gasteiger partial charge in [0, 0.05) is 32.2 Å². The summed E-state index contributed by atoms with van der Waals surface area (Å²) in [4.78, 5) is 14.9. The van der Waals surface area contributed by atoms with Crippen LogP contribution in [0.3, 0.4) is 0 Å². The van der Waals surface area contributed by atoms with E-state index in [-0.39, 0.29) is 11.9 Å². The van der Waals surface area contributed by atoms with E-state index < -0.39 is 10.0 Å². The highest BCUT2D eigenvalue weighted by molar-refractivity contribution is 7.89. The Balaban J connectivity index is 1.54. The molecule has 0 spiro atoms. The number of benzene rings is 1. The lowest BCUT2D eigenvalue weighted by molar-refractivity contribution is -0.123. The van der Waals surface area contributed by atoms with Gasteiger partial charge in [-0.2, -0.15) is 4.31 Å². The standard InChI is InChI=1S/C21H33N3O3S/c1-16-8-9-18(3)20(14-16)28(26,27)24-12-10-23(11-13-24)15-21(25)22-19-7-5-4-6-17(19)2/h8-9,14,17,19H,4-7,10-13,15H2,1-3H3,(H,22,25)/t17-,19-/m0/s1. The molecule has 2 atom stereocenters. The number of amides is 1.